The lowest BCUT2D eigenvalue weighted by Gasteiger charge is -2.26. The quantitative estimate of drug-likeness (QED) is 0.307. The fourth-order valence-corrected chi connectivity index (χ4v) is 6.27. The molecule has 1 atom stereocenters. The van der Waals surface area contributed by atoms with Gasteiger partial charge in [-0.25, -0.2) is 9.79 Å². The highest BCUT2D eigenvalue weighted by Gasteiger charge is 2.35. The molecule has 0 spiro atoms. The van der Waals surface area contributed by atoms with E-state index in [0.717, 1.165) is 0 Å². The van der Waals surface area contributed by atoms with Crippen molar-refractivity contribution in [3.05, 3.63) is 78.5 Å². The van der Waals surface area contributed by atoms with Crippen LogP contribution in [0, 0.1) is 0 Å². The first-order chi connectivity index (χ1) is 21.8. The summed E-state index contributed by atoms with van der Waals surface area (Å²) in [7, 11) is 4.57. The minimum atomic E-state index is -0.873. The molecule has 238 valence electrons. The molecule has 45 heavy (non-hydrogen) atoms. The summed E-state index contributed by atoms with van der Waals surface area (Å²) in [5.41, 5.74) is 1.54. The number of ether oxygens (including phenoxy) is 6. The van der Waals surface area contributed by atoms with Crippen molar-refractivity contribution in [3.8, 4) is 23.0 Å². The number of allylic oxidation sites excluding steroid dienone is 1. The molecular weight excluding hydrogens is 602 g/mol. The third-order valence-corrected chi connectivity index (χ3v) is 8.43. The van der Waals surface area contributed by atoms with Crippen LogP contribution in [0.1, 0.15) is 31.0 Å². The van der Waals surface area contributed by atoms with Crippen molar-refractivity contribution in [1.82, 2.24) is 9.47 Å². The van der Waals surface area contributed by atoms with Crippen LogP contribution in [-0.4, -0.2) is 82.2 Å². The maximum atomic E-state index is 14.1. The van der Waals surface area contributed by atoms with Gasteiger partial charge in [0.25, 0.3) is 11.5 Å². The lowest BCUT2D eigenvalue weighted by atomic mass is 9.94. The van der Waals surface area contributed by atoms with Crippen LogP contribution < -0.4 is 33.8 Å². The number of hydrogen-bond acceptors (Lipinski definition) is 11. The summed E-state index contributed by atoms with van der Waals surface area (Å²) < 4.78 is 35.0. The number of amides is 1. The predicted molar refractivity (Wildman–Crippen MR) is 166 cm³/mol. The number of benzene rings is 2. The highest BCUT2D eigenvalue weighted by molar-refractivity contribution is 7.07. The van der Waals surface area contributed by atoms with Crippen molar-refractivity contribution in [3.63, 3.8) is 0 Å². The van der Waals surface area contributed by atoms with E-state index in [2.05, 4.69) is 4.99 Å². The average molecular weight is 638 g/mol. The van der Waals surface area contributed by atoms with E-state index in [1.165, 1.54) is 37.2 Å². The van der Waals surface area contributed by atoms with Crippen LogP contribution in [0.5, 0.6) is 23.0 Å². The van der Waals surface area contributed by atoms with Gasteiger partial charge in [0.1, 0.15) is 17.5 Å². The Morgan fingerprint density at radius 1 is 1.02 bits per heavy atom. The van der Waals surface area contributed by atoms with E-state index in [1.807, 2.05) is 0 Å². The minimum absolute atomic E-state index is 0.134. The Morgan fingerprint density at radius 2 is 1.76 bits per heavy atom. The second kappa shape index (κ2) is 14.0. The summed E-state index contributed by atoms with van der Waals surface area (Å²) in [6.45, 7) is 5.53. The second-order valence-corrected chi connectivity index (χ2v) is 11.1. The van der Waals surface area contributed by atoms with Crippen LogP contribution in [0.2, 0.25) is 0 Å². The van der Waals surface area contributed by atoms with Gasteiger partial charge in [0, 0.05) is 18.7 Å². The summed E-state index contributed by atoms with van der Waals surface area (Å²) >= 11 is 1.19. The molecule has 1 fully saturated rings. The molecule has 2 aromatic carbocycles. The van der Waals surface area contributed by atoms with Gasteiger partial charge in [-0.2, -0.15) is 0 Å². The molecule has 2 aliphatic rings. The van der Waals surface area contributed by atoms with E-state index < -0.39 is 12.0 Å². The van der Waals surface area contributed by atoms with Gasteiger partial charge in [-0.1, -0.05) is 17.4 Å². The van der Waals surface area contributed by atoms with Crippen molar-refractivity contribution >= 4 is 29.3 Å². The summed E-state index contributed by atoms with van der Waals surface area (Å²) in [5, 5.41) is 0. The van der Waals surface area contributed by atoms with Crippen molar-refractivity contribution in [1.29, 1.82) is 0 Å². The Hall–Kier alpha value is -4.62. The SMILES string of the molecule is CCOC(=O)C1=C(C)N=c2s/c(=C/c3ccc(OCC(=O)N4CCOCC4)c(OC)c3)c(=O)n2[C@@H]1c1cc(OC)ccc1OC. The van der Waals surface area contributed by atoms with Gasteiger partial charge < -0.3 is 33.3 Å². The third-order valence-electron chi connectivity index (χ3n) is 7.45. The molecule has 0 N–H and O–H groups in total. The average Bonchev–Trinajstić information content (AvgIpc) is 3.36. The first-order valence-corrected chi connectivity index (χ1v) is 15.2. The molecule has 1 aromatic heterocycles. The predicted octanol–water partition coefficient (Wildman–Crippen LogP) is 2.06. The summed E-state index contributed by atoms with van der Waals surface area (Å²) in [4.78, 5) is 46.6. The molecule has 1 amide bonds. The first-order valence-electron chi connectivity index (χ1n) is 14.4. The number of carbonyl (C=O) groups excluding carboxylic acids is 2. The molecular formula is C32H35N3O9S. The number of hydrogen-bond donors (Lipinski definition) is 0. The van der Waals surface area contributed by atoms with E-state index in [-0.39, 0.29) is 30.3 Å². The van der Waals surface area contributed by atoms with E-state index in [4.69, 9.17) is 28.4 Å². The van der Waals surface area contributed by atoms with Gasteiger partial charge >= 0.3 is 5.97 Å². The molecule has 3 aromatic rings. The highest BCUT2D eigenvalue weighted by Crippen LogP contribution is 2.38. The molecule has 3 heterocycles. The maximum Gasteiger partial charge on any atom is 0.338 e. The topological polar surface area (TPSA) is 127 Å². The van der Waals surface area contributed by atoms with Crippen LogP contribution >= 0.6 is 11.3 Å². The summed E-state index contributed by atoms with van der Waals surface area (Å²) in [6.07, 6.45) is 1.72. The Kier molecular flexibility index (Phi) is 9.89. The molecule has 5 rings (SSSR count). The molecule has 0 saturated carbocycles. The number of aromatic nitrogens is 1. The summed E-state index contributed by atoms with van der Waals surface area (Å²) in [5.74, 6) is 1.11. The number of nitrogens with zero attached hydrogens (tertiary/aromatic N) is 3. The smallest absolute Gasteiger partial charge is 0.338 e. The molecule has 0 bridgehead atoms. The normalized spacial score (nSPS) is 16.5. The van der Waals surface area contributed by atoms with Gasteiger partial charge in [0.05, 0.1) is 57.0 Å². The fourth-order valence-electron chi connectivity index (χ4n) is 5.23. The molecule has 1 saturated heterocycles. The monoisotopic (exact) mass is 637 g/mol. The maximum absolute atomic E-state index is 14.1. The van der Waals surface area contributed by atoms with Crippen molar-refractivity contribution < 1.29 is 38.0 Å². The third kappa shape index (κ3) is 6.59. The van der Waals surface area contributed by atoms with Crippen LogP contribution in [-0.2, 0) is 19.1 Å². The molecule has 0 unspecified atom stereocenters. The standard InChI is InChI=1S/C32H35N3O9S/c1-6-43-31(38)28-19(2)33-32-35(29(28)22-17-21(39-3)8-10-23(22)40-4)30(37)26(45-32)16-20-7-9-24(25(15-20)41-5)44-18-27(36)34-11-13-42-14-12-34/h7-10,15-17,29H,6,11-14,18H2,1-5H3/b26-16+/t29-/m1/s1. The Labute approximate surface area is 263 Å². The van der Waals surface area contributed by atoms with Crippen LogP contribution in [0.3, 0.4) is 0 Å². The van der Waals surface area contributed by atoms with Gasteiger partial charge in [-0.05, 0) is 55.8 Å². The van der Waals surface area contributed by atoms with Gasteiger partial charge in [-0.15, -0.1) is 0 Å². The molecule has 0 aliphatic carbocycles. The highest BCUT2D eigenvalue weighted by atomic mass is 32.1. The number of morpholine rings is 1. The lowest BCUT2D eigenvalue weighted by Crippen LogP contribution is -2.43. The van der Waals surface area contributed by atoms with Crippen LogP contribution in [0.15, 0.2) is 57.5 Å². The molecule has 0 radical (unpaired) electrons. The largest absolute Gasteiger partial charge is 0.497 e. The van der Waals surface area contributed by atoms with Gasteiger partial charge in [-0.3, -0.25) is 14.2 Å². The zero-order chi connectivity index (χ0) is 32.1. The Balaban J connectivity index is 1.54. The zero-order valence-corrected chi connectivity index (χ0v) is 26.6. The number of fused-ring (bicyclic) bond motifs is 1. The first kappa shape index (κ1) is 31.8. The van der Waals surface area contributed by atoms with Gasteiger partial charge in [0.2, 0.25) is 0 Å². The van der Waals surface area contributed by atoms with Gasteiger partial charge in [0.15, 0.2) is 22.9 Å². The number of rotatable bonds is 10. The van der Waals surface area contributed by atoms with Crippen molar-refractivity contribution in [2.24, 2.45) is 4.99 Å². The van der Waals surface area contributed by atoms with Crippen molar-refractivity contribution in [2.75, 3.05) is 60.8 Å². The second-order valence-electron chi connectivity index (χ2n) is 10.1. The molecule has 13 heteroatoms. The lowest BCUT2D eigenvalue weighted by molar-refractivity contribution is -0.139. The number of methoxy groups -OCH3 is 3. The van der Waals surface area contributed by atoms with Crippen LogP contribution in [0.4, 0.5) is 0 Å². The number of carbonyl (C=O) groups is 2. The van der Waals surface area contributed by atoms with E-state index >= 15 is 0 Å². The Bertz CT molecular complexity index is 1800. The Morgan fingerprint density at radius 3 is 2.44 bits per heavy atom. The van der Waals surface area contributed by atoms with E-state index in [9.17, 15) is 14.4 Å². The fraction of sp³-hybridized carbons (Fsp3) is 0.375. The number of esters is 1. The molecule has 12 nitrogen and oxygen atoms in total. The number of thiazole rings is 1. The molecule has 2 aliphatic heterocycles. The van der Waals surface area contributed by atoms with E-state index in [0.29, 0.717) is 75.5 Å². The summed E-state index contributed by atoms with van der Waals surface area (Å²) in [6, 6.07) is 9.53. The van der Waals surface area contributed by atoms with Crippen LogP contribution in [0.25, 0.3) is 6.08 Å². The van der Waals surface area contributed by atoms with Crippen molar-refractivity contribution in [2.45, 2.75) is 19.9 Å². The minimum Gasteiger partial charge on any atom is -0.497 e. The van der Waals surface area contributed by atoms with E-state index in [1.54, 1.807) is 61.2 Å². The zero-order valence-electron chi connectivity index (χ0n) is 25.8.